The molecule has 2 heterocycles. The number of hydrogen-bond acceptors (Lipinski definition) is 3. The summed E-state index contributed by atoms with van der Waals surface area (Å²) in [7, 11) is 0. The molecular formula is C16H27Cl2N3. The lowest BCUT2D eigenvalue weighted by molar-refractivity contribution is 0.122. The minimum atomic E-state index is 0. The maximum atomic E-state index is 4.83. The van der Waals surface area contributed by atoms with Crippen LogP contribution in [0.2, 0.25) is 0 Å². The molecule has 1 atom stereocenters. The predicted octanol–water partition coefficient (Wildman–Crippen LogP) is 3.37. The van der Waals surface area contributed by atoms with Gasteiger partial charge in [0.25, 0.3) is 0 Å². The molecule has 1 saturated carbocycles. The Labute approximate surface area is 140 Å². The Morgan fingerprint density at radius 1 is 1.14 bits per heavy atom. The molecule has 0 aromatic carbocycles. The molecule has 0 amide bonds. The van der Waals surface area contributed by atoms with Crippen molar-refractivity contribution in [2.24, 2.45) is 5.92 Å². The topological polar surface area (TPSA) is 28.2 Å². The molecule has 1 N–H and O–H groups in total. The van der Waals surface area contributed by atoms with Gasteiger partial charge in [-0.2, -0.15) is 0 Å². The average molecular weight is 332 g/mol. The fourth-order valence-electron chi connectivity index (χ4n) is 3.69. The zero-order valence-electron chi connectivity index (χ0n) is 12.8. The molecule has 1 aromatic rings. The number of pyridine rings is 1. The third-order valence-corrected chi connectivity index (χ3v) is 4.60. The van der Waals surface area contributed by atoms with Gasteiger partial charge in [0.15, 0.2) is 0 Å². The quantitative estimate of drug-likeness (QED) is 0.920. The number of piperazine rings is 1. The van der Waals surface area contributed by atoms with Gasteiger partial charge in [0.2, 0.25) is 0 Å². The highest BCUT2D eigenvalue weighted by molar-refractivity contribution is 5.85. The first-order chi connectivity index (χ1) is 9.34. The molecule has 0 spiro atoms. The monoisotopic (exact) mass is 331 g/mol. The first-order valence-corrected chi connectivity index (χ1v) is 7.73. The largest absolute Gasteiger partial charge is 0.314 e. The van der Waals surface area contributed by atoms with E-state index >= 15 is 0 Å². The molecule has 0 bridgehead atoms. The number of nitrogens with zero attached hydrogens (tertiary/aromatic N) is 2. The smallest absolute Gasteiger partial charge is 0.0581 e. The number of halogens is 2. The number of nitrogens with one attached hydrogen (secondary N) is 1. The number of aromatic nitrogens is 1. The van der Waals surface area contributed by atoms with Crippen molar-refractivity contribution in [3.63, 3.8) is 0 Å². The third-order valence-electron chi connectivity index (χ3n) is 4.60. The van der Waals surface area contributed by atoms with Gasteiger partial charge >= 0.3 is 0 Å². The van der Waals surface area contributed by atoms with E-state index in [2.05, 4.69) is 35.3 Å². The van der Waals surface area contributed by atoms with Gasteiger partial charge in [-0.3, -0.25) is 9.88 Å². The van der Waals surface area contributed by atoms with Crippen LogP contribution >= 0.6 is 24.8 Å². The van der Waals surface area contributed by atoms with Crippen LogP contribution in [0.3, 0.4) is 0 Å². The first-order valence-electron chi connectivity index (χ1n) is 7.73. The van der Waals surface area contributed by atoms with Gasteiger partial charge in [0.1, 0.15) is 0 Å². The Kier molecular flexibility index (Phi) is 7.96. The van der Waals surface area contributed by atoms with E-state index in [1.54, 1.807) is 0 Å². The highest BCUT2D eigenvalue weighted by Crippen LogP contribution is 2.38. The van der Waals surface area contributed by atoms with Crippen molar-refractivity contribution in [1.29, 1.82) is 0 Å². The van der Waals surface area contributed by atoms with Gasteiger partial charge in [-0.05, 0) is 37.8 Å². The number of rotatable bonds is 3. The zero-order valence-corrected chi connectivity index (χ0v) is 14.4. The molecule has 120 valence electrons. The summed E-state index contributed by atoms with van der Waals surface area (Å²) in [5, 5.41) is 3.46. The van der Waals surface area contributed by atoms with Crippen LogP contribution in [0.1, 0.15) is 43.1 Å². The Morgan fingerprint density at radius 2 is 1.81 bits per heavy atom. The summed E-state index contributed by atoms with van der Waals surface area (Å²) < 4.78 is 0. The maximum Gasteiger partial charge on any atom is 0.0581 e. The van der Waals surface area contributed by atoms with E-state index in [4.69, 9.17) is 4.98 Å². The molecule has 3 nitrogen and oxygen atoms in total. The lowest BCUT2D eigenvalue weighted by atomic mass is 9.92. The van der Waals surface area contributed by atoms with Crippen molar-refractivity contribution >= 4 is 24.8 Å². The Hall–Kier alpha value is -0.350. The second-order valence-electron chi connectivity index (χ2n) is 5.98. The Morgan fingerprint density at radius 3 is 2.43 bits per heavy atom. The highest BCUT2D eigenvalue weighted by Gasteiger charge is 2.32. The van der Waals surface area contributed by atoms with Crippen molar-refractivity contribution in [3.05, 3.63) is 29.6 Å². The van der Waals surface area contributed by atoms with Crippen LogP contribution in [-0.4, -0.2) is 36.1 Å². The van der Waals surface area contributed by atoms with Crippen molar-refractivity contribution < 1.29 is 0 Å². The van der Waals surface area contributed by atoms with E-state index in [9.17, 15) is 0 Å². The van der Waals surface area contributed by atoms with E-state index in [1.165, 1.54) is 31.4 Å². The average Bonchev–Trinajstić information content (AvgIpc) is 2.94. The van der Waals surface area contributed by atoms with Gasteiger partial charge in [-0.15, -0.1) is 24.8 Å². The minimum Gasteiger partial charge on any atom is -0.314 e. The minimum absolute atomic E-state index is 0. The van der Waals surface area contributed by atoms with Gasteiger partial charge in [0, 0.05) is 31.9 Å². The molecule has 1 aliphatic heterocycles. The van der Waals surface area contributed by atoms with Crippen LogP contribution in [0.15, 0.2) is 18.2 Å². The van der Waals surface area contributed by atoms with E-state index in [0.29, 0.717) is 6.04 Å². The van der Waals surface area contributed by atoms with Crippen molar-refractivity contribution in [2.75, 3.05) is 26.2 Å². The normalized spacial score (nSPS) is 21.4. The molecule has 2 fully saturated rings. The molecule has 1 aromatic heterocycles. The summed E-state index contributed by atoms with van der Waals surface area (Å²) in [6, 6.07) is 7.05. The maximum absolute atomic E-state index is 4.83. The van der Waals surface area contributed by atoms with Crippen LogP contribution in [0, 0.1) is 12.8 Å². The van der Waals surface area contributed by atoms with E-state index in [1.807, 2.05) is 0 Å². The Bertz CT molecular complexity index is 416. The standard InChI is InChI=1S/C16H25N3.2ClH/c1-13-5-4-8-15(18-13)16(14-6-2-3-7-14)19-11-9-17-10-12-19;;/h4-5,8,14,16-17H,2-3,6-7,9-12H2,1H3;2*1H/t16-;;/m1../s1. The highest BCUT2D eigenvalue weighted by atomic mass is 35.5. The Balaban J connectivity index is 0.00000110. The lowest BCUT2D eigenvalue weighted by Crippen LogP contribution is -2.46. The van der Waals surface area contributed by atoms with Crippen molar-refractivity contribution in [1.82, 2.24) is 15.2 Å². The molecule has 5 heteroatoms. The number of aryl methyl sites for hydroxylation is 1. The van der Waals surface area contributed by atoms with Gasteiger partial charge < -0.3 is 5.32 Å². The zero-order chi connectivity index (χ0) is 13.1. The van der Waals surface area contributed by atoms with Gasteiger partial charge in [-0.1, -0.05) is 18.9 Å². The van der Waals surface area contributed by atoms with Crippen LogP contribution < -0.4 is 5.32 Å². The number of hydrogen-bond donors (Lipinski definition) is 1. The second kappa shape index (κ2) is 8.94. The first kappa shape index (κ1) is 18.7. The van der Waals surface area contributed by atoms with E-state index < -0.39 is 0 Å². The summed E-state index contributed by atoms with van der Waals surface area (Å²) in [5.41, 5.74) is 2.45. The van der Waals surface area contributed by atoms with Crippen molar-refractivity contribution in [3.8, 4) is 0 Å². The summed E-state index contributed by atoms with van der Waals surface area (Å²) in [5.74, 6) is 0.812. The summed E-state index contributed by atoms with van der Waals surface area (Å²) in [6.45, 7) is 6.67. The van der Waals surface area contributed by atoms with Crippen LogP contribution in [0.5, 0.6) is 0 Å². The van der Waals surface area contributed by atoms with E-state index in [0.717, 1.165) is 37.8 Å². The van der Waals surface area contributed by atoms with Crippen LogP contribution in [0.4, 0.5) is 0 Å². The molecule has 21 heavy (non-hydrogen) atoms. The summed E-state index contributed by atoms with van der Waals surface area (Å²) >= 11 is 0. The molecule has 1 aliphatic carbocycles. The predicted molar refractivity (Wildman–Crippen MR) is 92.6 cm³/mol. The van der Waals surface area contributed by atoms with Crippen molar-refractivity contribution in [2.45, 2.75) is 38.6 Å². The van der Waals surface area contributed by atoms with Gasteiger partial charge in [-0.25, -0.2) is 0 Å². The van der Waals surface area contributed by atoms with Crippen LogP contribution in [0.25, 0.3) is 0 Å². The lowest BCUT2D eigenvalue weighted by Gasteiger charge is -2.38. The molecule has 0 radical (unpaired) electrons. The fraction of sp³-hybridized carbons (Fsp3) is 0.688. The molecule has 1 saturated heterocycles. The third kappa shape index (κ3) is 4.56. The fourth-order valence-corrected chi connectivity index (χ4v) is 3.69. The van der Waals surface area contributed by atoms with E-state index in [-0.39, 0.29) is 24.8 Å². The second-order valence-corrected chi connectivity index (χ2v) is 5.98. The SMILES string of the molecule is Cc1cccc([C@@H](C2CCCC2)N2CCNCC2)n1.Cl.Cl. The van der Waals surface area contributed by atoms with Gasteiger partial charge in [0.05, 0.1) is 11.7 Å². The van der Waals surface area contributed by atoms with Crippen LogP contribution in [-0.2, 0) is 0 Å². The molecule has 2 aliphatic rings. The molecule has 3 rings (SSSR count). The summed E-state index contributed by atoms with van der Waals surface area (Å²) in [6.07, 6.45) is 5.56. The summed E-state index contributed by atoms with van der Waals surface area (Å²) in [4.78, 5) is 7.49. The molecule has 0 unspecified atom stereocenters. The molecular weight excluding hydrogens is 305 g/mol.